The maximum Gasteiger partial charge on any atom is 0.285 e. The Hall–Kier alpha value is -2.24. The van der Waals surface area contributed by atoms with Gasteiger partial charge >= 0.3 is 0 Å². The molecule has 0 bridgehead atoms. The standard InChI is InChI=1S/C15H18N2O4/c1-10-5-3-7-13(14(10)17(20)21)15(19)16-8-4-6-12(16)9-11(2)18/h3,5,7,12H,4,6,8-9H2,1-2H3. The van der Waals surface area contributed by atoms with Crippen LogP contribution in [0, 0.1) is 17.0 Å². The van der Waals surface area contributed by atoms with Crippen molar-refractivity contribution in [3.63, 3.8) is 0 Å². The third-order valence-electron chi connectivity index (χ3n) is 3.81. The topological polar surface area (TPSA) is 80.5 Å². The van der Waals surface area contributed by atoms with Crippen LogP contribution in [0.2, 0.25) is 0 Å². The molecule has 2 rings (SSSR count). The summed E-state index contributed by atoms with van der Waals surface area (Å²) in [4.78, 5) is 36.2. The minimum absolute atomic E-state index is 0.0263. The first-order valence-corrected chi connectivity index (χ1v) is 6.96. The highest BCUT2D eigenvalue weighted by Crippen LogP contribution is 2.28. The fraction of sp³-hybridized carbons (Fsp3) is 0.467. The highest BCUT2D eigenvalue weighted by Gasteiger charge is 2.33. The molecule has 0 radical (unpaired) electrons. The number of aryl methyl sites for hydroxylation is 1. The van der Waals surface area contributed by atoms with Gasteiger partial charge in [-0.15, -0.1) is 0 Å². The maximum absolute atomic E-state index is 12.6. The van der Waals surface area contributed by atoms with Crippen molar-refractivity contribution in [1.82, 2.24) is 4.90 Å². The van der Waals surface area contributed by atoms with E-state index in [1.54, 1.807) is 24.0 Å². The van der Waals surface area contributed by atoms with E-state index in [2.05, 4.69) is 0 Å². The number of nitro benzene ring substituents is 1. The molecule has 1 saturated heterocycles. The lowest BCUT2D eigenvalue weighted by atomic mass is 10.0. The Labute approximate surface area is 122 Å². The van der Waals surface area contributed by atoms with E-state index in [0.29, 0.717) is 18.5 Å². The first-order valence-electron chi connectivity index (χ1n) is 6.96. The summed E-state index contributed by atoms with van der Waals surface area (Å²) in [6.07, 6.45) is 1.90. The molecule has 1 heterocycles. The van der Waals surface area contributed by atoms with E-state index in [0.717, 1.165) is 12.8 Å². The molecule has 21 heavy (non-hydrogen) atoms. The number of carbonyl (C=O) groups excluding carboxylic acids is 2. The number of hydrogen-bond acceptors (Lipinski definition) is 4. The first kappa shape index (κ1) is 15.2. The molecule has 112 valence electrons. The number of rotatable bonds is 4. The first-order chi connectivity index (χ1) is 9.91. The molecule has 1 atom stereocenters. The molecule has 1 aliphatic rings. The van der Waals surface area contributed by atoms with Crippen LogP contribution in [-0.2, 0) is 4.79 Å². The van der Waals surface area contributed by atoms with Crippen LogP contribution in [0.5, 0.6) is 0 Å². The average molecular weight is 290 g/mol. The Morgan fingerprint density at radius 1 is 1.43 bits per heavy atom. The molecule has 0 N–H and O–H groups in total. The van der Waals surface area contributed by atoms with Crippen LogP contribution >= 0.6 is 0 Å². The zero-order valence-electron chi connectivity index (χ0n) is 12.2. The van der Waals surface area contributed by atoms with Crippen LogP contribution in [0.25, 0.3) is 0 Å². The van der Waals surface area contributed by atoms with Crippen molar-refractivity contribution in [3.8, 4) is 0 Å². The second-order valence-electron chi connectivity index (χ2n) is 5.43. The summed E-state index contributed by atoms with van der Waals surface area (Å²) in [7, 11) is 0. The Morgan fingerprint density at radius 2 is 2.14 bits per heavy atom. The predicted octanol–water partition coefficient (Wildman–Crippen LogP) is 2.49. The minimum Gasteiger partial charge on any atom is -0.335 e. The normalized spacial score (nSPS) is 17.8. The number of carbonyl (C=O) groups is 2. The molecule has 0 saturated carbocycles. The minimum atomic E-state index is -0.515. The number of hydrogen-bond donors (Lipinski definition) is 0. The van der Waals surface area contributed by atoms with E-state index < -0.39 is 4.92 Å². The van der Waals surface area contributed by atoms with E-state index in [-0.39, 0.29) is 29.0 Å². The number of nitrogens with zero attached hydrogens (tertiary/aromatic N) is 2. The number of ketones is 1. The zero-order valence-corrected chi connectivity index (χ0v) is 12.2. The van der Waals surface area contributed by atoms with Crippen molar-refractivity contribution in [2.75, 3.05) is 6.54 Å². The fourth-order valence-corrected chi connectivity index (χ4v) is 2.88. The average Bonchev–Trinajstić information content (AvgIpc) is 2.84. The molecule has 6 nitrogen and oxygen atoms in total. The van der Waals surface area contributed by atoms with Gasteiger partial charge in [0, 0.05) is 24.6 Å². The summed E-state index contributed by atoms with van der Waals surface area (Å²) in [6.45, 7) is 3.66. The number of benzene rings is 1. The zero-order chi connectivity index (χ0) is 15.6. The SMILES string of the molecule is CC(=O)CC1CCCN1C(=O)c1cccc(C)c1[N+](=O)[O-]. The summed E-state index contributed by atoms with van der Waals surface area (Å²) in [5, 5.41) is 11.2. The predicted molar refractivity (Wildman–Crippen MR) is 77.2 cm³/mol. The maximum atomic E-state index is 12.6. The Kier molecular flexibility index (Phi) is 4.35. The second kappa shape index (κ2) is 6.03. The molecular formula is C15H18N2O4. The van der Waals surface area contributed by atoms with Crippen molar-refractivity contribution in [1.29, 1.82) is 0 Å². The summed E-state index contributed by atoms with van der Waals surface area (Å²) in [5.74, 6) is -0.326. The molecule has 1 aromatic carbocycles. The molecule has 1 fully saturated rings. The summed E-state index contributed by atoms with van der Waals surface area (Å²) < 4.78 is 0. The molecular weight excluding hydrogens is 272 g/mol. The van der Waals surface area contributed by atoms with Crippen molar-refractivity contribution in [2.45, 2.75) is 39.2 Å². The van der Waals surface area contributed by atoms with Crippen LogP contribution in [0.1, 0.15) is 42.1 Å². The Bertz CT molecular complexity index is 597. The van der Waals surface area contributed by atoms with Crippen LogP contribution in [0.3, 0.4) is 0 Å². The summed E-state index contributed by atoms with van der Waals surface area (Å²) in [6, 6.07) is 4.60. The lowest BCUT2D eigenvalue weighted by Crippen LogP contribution is -2.37. The third kappa shape index (κ3) is 3.09. The molecule has 6 heteroatoms. The Morgan fingerprint density at radius 3 is 2.76 bits per heavy atom. The largest absolute Gasteiger partial charge is 0.335 e. The van der Waals surface area contributed by atoms with Gasteiger partial charge in [-0.3, -0.25) is 19.7 Å². The van der Waals surface area contributed by atoms with Gasteiger partial charge in [0.1, 0.15) is 11.3 Å². The van der Waals surface area contributed by atoms with Gasteiger partial charge in [-0.1, -0.05) is 12.1 Å². The Balaban J connectivity index is 2.34. The summed E-state index contributed by atoms with van der Waals surface area (Å²) >= 11 is 0. The van der Waals surface area contributed by atoms with Crippen LogP contribution in [0.15, 0.2) is 18.2 Å². The monoisotopic (exact) mass is 290 g/mol. The van der Waals surface area contributed by atoms with E-state index >= 15 is 0 Å². The highest BCUT2D eigenvalue weighted by atomic mass is 16.6. The quantitative estimate of drug-likeness (QED) is 0.630. The van der Waals surface area contributed by atoms with Gasteiger partial charge in [0.15, 0.2) is 0 Å². The number of nitro groups is 1. The van der Waals surface area contributed by atoms with Gasteiger partial charge in [-0.25, -0.2) is 0 Å². The lowest BCUT2D eigenvalue weighted by molar-refractivity contribution is -0.385. The van der Waals surface area contributed by atoms with Gasteiger partial charge in [0.25, 0.3) is 11.6 Å². The van der Waals surface area contributed by atoms with Gasteiger partial charge in [0.05, 0.1) is 4.92 Å². The van der Waals surface area contributed by atoms with E-state index in [9.17, 15) is 19.7 Å². The number of likely N-dealkylation sites (tertiary alicyclic amines) is 1. The van der Waals surface area contributed by atoms with Crippen molar-refractivity contribution >= 4 is 17.4 Å². The van der Waals surface area contributed by atoms with Crippen molar-refractivity contribution in [2.24, 2.45) is 0 Å². The van der Waals surface area contributed by atoms with Crippen LogP contribution in [0.4, 0.5) is 5.69 Å². The number of Topliss-reactive ketones (excluding diaryl/α,β-unsaturated/α-hetero) is 1. The van der Waals surface area contributed by atoms with Crippen molar-refractivity contribution in [3.05, 3.63) is 39.4 Å². The van der Waals surface area contributed by atoms with Gasteiger partial charge in [-0.2, -0.15) is 0 Å². The van der Waals surface area contributed by atoms with E-state index in [4.69, 9.17) is 0 Å². The molecule has 1 amide bonds. The molecule has 0 aromatic heterocycles. The second-order valence-corrected chi connectivity index (χ2v) is 5.43. The highest BCUT2D eigenvalue weighted by molar-refractivity contribution is 5.99. The van der Waals surface area contributed by atoms with Gasteiger partial charge in [0.2, 0.25) is 0 Å². The fourth-order valence-electron chi connectivity index (χ4n) is 2.88. The van der Waals surface area contributed by atoms with Crippen LogP contribution < -0.4 is 0 Å². The number of para-hydroxylation sites is 1. The van der Waals surface area contributed by atoms with E-state index in [1.165, 1.54) is 13.0 Å². The summed E-state index contributed by atoms with van der Waals surface area (Å²) in [5.41, 5.74) is 0.430. The van der Waals surface area contributed by atoms with Gasteiger partial charge in [-0.05, 0) is 32.8 Å². The smallest absolute Gasteiger partial charge is 0.285 e. The molecule has 1 unspecified atom stereocenters. The van der Waals surface area contributed by atoms with Gasteiger partial charge < -0.3 is 4.90 Å². The van der Waals surface area contributed by atoms with Crippen molar-refractivity contribution < 1.29 is 14.5 Å². The third-order valence-corrected chi connectivity index (χ3v) is 3.81. The number of amides is 1. The van der Waals surface area contributed by atoms with E-state index in [1.807, 2.05) is 0 Å². The molecule has 0 spiro atoms. The molecule has 1 aliphatic heterocycles. The van der Waals surface area contributed by atoms with Crippen LogP contribution in [-0.4, -0.2) is 34.1 Å². The molecule has 0 aliphatic carbocycles. The lowest BCUT2D eigenvalue weighted by Gasteiger charge is -2.24. The molecule has 1 aromatic rings.